The van der Waals surface area contributed by atoms with E-state index >= 15 is 0 Å². The minimum Gasteiger partial charge on any atom is -0.497 e. The fraction of sp³-hybridized carbons (Fsp3) is 0.600. The summed E-state index contributed by atoms with van der Waals surface area (Å²) >= 11 is 0. The predicted octanol–water partition coefficient (Wildman–Crippen LogP) is 1.09. The maximum absolute atomic E-state index is 12.5. The van der Waals surface area contributed by atoms with Gasteiger partial charge in [-0.15, -0.1) is 0 Å². The highest BCUT2D eigenvalue weighted by molar-refractivity contribution is 5.94. The van der Waals surface area contributed by atoms with E-state index in [1.807, 2.05) is 18.7 Å². The Bertz CT molecular complexity index is 623. The van der Waals surface area contributed by atoms with Gasteiger partial charge in [0.1, 0.15) is 5.75 Å². The smallest absolute Gasteiger partial charge is 0.251 e. The lowest BCUT2D eigenvalue weighted by molar-refractivity contribution is -0.138. The lowest BCUT2D eigenvalue weighted by atomic mass is 9.95. The van der Waals surface area contributed by atoms with Crippen LogP contribution in [0.1, 0.15) is 37.0 Å². The molecule has 27 heavy (non-hydrogen) atoms. The minimum absolute atomic E-state index is 0.0387. The molecule has 7 nitrogen and oxygen atoms in total. The number of methoxy groups -OCH3 is 1. The van der Waals surface area contributed by atoms with E-state index in [4.69, 9.17) is 10.5 Å². The van der Waals surface area contributed by atoms with Crippen LogP contribution >= 0.6 is 0 Å². The van der Waals surface area contributed by atoms with Crippen LogP contribution in [0.5, 0.6) is 5.75 Å². The number of hydrogen-bond donors (Lipinski definition) is 2. The average molecular weight is 377 g/mol. The van der Waals surface area contributed by atoms with Crippen molar-refractivity contribution in [1.29, 1.82) is 0 Å². The molecule has 1 unspecified atom stereocenters. The standard InChI is InChI=1S/C20H32N4O3/c1-4-9-20(2,21)19(26)24-14-12-23(13-15-24)11-10-22-18(25)16-5-7-17(27-3)8-6-16/h5-8H,4,9-15,21H2,1-3H3,(H,22,25). The van der Waals surface area contributed by atoms with Crippen molar-refractivity contribution in [2.45, 2.75) is 32.2 Å². The lowest BCUT2D eigenvalue weighted by Crippen LogP contribution is -2.58. The summed E-state index contributed by atoms with van der Waals surface area (Å²) in [5, 5.41) is 2.94. The van der Waals surface area contributed by atoms with E-state index in [0.29, 0.717) is 31.6 Å². The topological polar surface area (TPSA) is 87.9 Å². The Labute approximate surface area is 161 Å². The van der Waals surface area contributed by atoms with Gasteiger partial charge in [0.15, 0.2) is 0 Å². The zero-order valence-electron chi connectivity index (χ0n) is 16.7. The van der Waals surface area contributed by atoms with Gasteiger partial charge < -0.3 is 20.7 Å². The summed E-state index contributed by atoms with van der Waals surface area (Å²) in [6, 6.07) is 7.04. The molecule has 150 valence electrons. The van der Waals surface area contributed by atoms with Crippen LogP contribution in [-0.4, -0.2) is 73.5 Å². The van der Waals surface area contributed by atoms with Crippen molar-refractivity contribution in [3.05, 3.63) is 29.8 Å². The number of carbonyl (C=O) groups is 2. The number of hydrogen-bond acceptors (Lipinski definition) is 5. The fourth-order valence-electron chi connectivity index (χ4n) is 3.33. The van der Waals surface area contributed by atoms with Crippen LogP contribution in [-0.2, 0) is 4.79 Å². The Morgan fingerprint density at radius 1 is 1.19 bits per heavy atom. The van der Waals surface area contributed by atoms with Crippen LogP contribution in [0.25, 0.3) is 0 Å². The molecule has 2 rings (SSSR count). The van der Waals surface area contributed by atoms with Gasteiger partial charge in [0.05, 0.1) is 12.6 Å². The Morgan fingerprint density at radius 2 is 1.81 bits per heavy atom. The van der Waals surface area contributed by atoms with Gasteiger partial charge in [0.25, 0.3) is 5.91 Å². The first-order valence-corrected chi connectivity index (χ1v) is 9.60. The summed E-state index contributed by atoms with van der Waals surface area (Å²) in [5.74, 6) is 0.674. The van der Waals surface area contributed by atoms with Crippen LogP contribution in [0.3, 0.4) is 0 Å². The molecule has 1 heterocycles. The van der Waals surface area contributed by atoms with Crippen molar-refractivity contribution in [3.8, 4) is 5.75 Å². The van der Waals surface area contributed by atoms with Crippen molar-refractivity contribution in [2.75, 3.05) is 46.4 Å². The number of carbonyl (C=O) groups excluding carboxylic acids is 2. The Kier molecular flexibility index (Phi) is 7.62. The van der Waals surface area contributed by atoms with Crippen LogP contribution in [0.4, 0.5) is 0 Å². The normalized spacial score (nSPS) is 17.3. The molecule has 0 aliphatic carbocycles. The first-order chi connectivity index (χ1) is 12.9. The molecular formula is C20H32N4O3. The van der Waals surface area contributed by atoms with Gasteiger partial charge in [-0.1, -0.05) is 13.3 Å². The zero-order chi connectivity index (χ0) is 19.9. The molecule has 2 amide bonds. The van der Waals surface area contributed by atoms with Crippen molar-refractivity contribution in [1.82, 2.24) is 15.1 Å². The first kappa shape index (κ1) is 21.2. The second kappa shape index (κ2) is 9.71. The summed E-state index contributed by atoms with van der Waals surface area (Å²) in [4.78, 5) is 28.8. The third kappa shape index (κ3) is 5.94. The number of amides is 2. The van der Waals surface area contributed by atoms with Gasteiger partial charge in [0.2, 0.25) is 5.91 Å². The third-order valence-corrected chi connectivity index (χ3v) is 4.98. The summed E-state index contributed by atoms with van der Waals surface area (Å²) in [6.45, 7) is 8.15. The highest BCUT2D eigenvalue weighted by atomic mass is 16.5. The van der Waals surface area contributed by atoms with Crippen molar-refractivity contribution < 1.29 is 14.3 Å². The number of rotatable bonds is 8. The molecule has 1 aromatic rings. The number of ether oxygens (including phenoxy) is 1. The molecule has 1 fully saturated rings. The van der Waals surface area contributed by atoms with Crippen molar-refractivity contribution in [3.63, 3.8) is 0 Å². The first-order valence-electron chi connectivity index (χ1n) is 9.60. The van der Waals surface area contributed by atoms with Gasteiger partial charge in [-0.3, -0.25) is 14.5 Å². The van der Waals surface area contributed by atoms with Crippen molar-refractivity contribution >= 4 is 11.8 Å². The molecule has 7 heteroatoms. The number of benzene rings is 1. The van der Waals surface area contributed by atoms with E-state index < -0.39 is 5.54 Å². The summed E-state index contributed by atoms with van der Waals surface area (Å²) in [7, 11) is 1.60. The molecule has 0 saturated carbocycles. The Balaban J connectivity index is 1.71. The number of nitrogens with two attached hydrogens (primary N) is 1. The lowest BCUT2D eigenvalue weighted by Gasteiger charge is -2.38. The van der Waals surface area contributed by atoms with Gasteiger partial charge in [0, 0.05) is 44.8 Å². The second-order valence-electron chi connectivity index (χ2n) is 7.29. The SMILES string of the molecule is CCCC(C)(N)C(=O)N1CCN(CCNC(=O)c2ccc(OC)cc2)CC1. The Morgan fingerprint density at radius 3 is 2.37 bits per heavy atom. The molecule has 1 aromatic carbocycles. The third-order valence-electron chi connectivity index (χ3n) is 4.98. The largest absolute Gasteiger partial charge is 0.497 e. The quantitative estimate of drug-likeness (QED) is 0.709. The number of nitrogens with zero attached hydrogens (tertiary/aromatic N) is 2. The van der Waals surface area contributed by atoms with Gasteiger partial charge >= 0.3 is 0 Å². The van der Waals surface area contributed by atoms with Crippen LogP contribution in [0.15, 0.2) is 24.3 Å². The molecule has 1 saturated heterocycles. The molecule has 1 aliphatic heterocycles. The van der Waals surface area contributed by atoms with Gasteiger partial charge in [-0.2, -0.15) is 0 Å². The average Bonchev–Trinajstić information content (AvgIpc) is 2.68. The molecule has 0 radical (unpaired) electrons. The van der Waals surface area contributed by atoms with E-state index in [1.54, 1.807) is 31.4 Å². The highest BCUT2D eigenvalue weighted by Gasteiger charge is 2.33. The second-order valence-corrected chi connectivity index (χ2v) is 7.29. The summed E-state index contributed by atoms with van der Waals surface area (Å²) in [5.41, 5.74) is 6.00. The summed E-state index contributed by atoms with van der Waals surface area (Å²) in [6.07, 6.45) is 1.59. The number of nitrogens with one attached hydrogen (secondary N) is 1. The molecule has 1 atom stereocenters. The number of piperazine rings is 1. The molecular weight excluding hydrogens is 344 g/mol. The van der Waals surface area contributed by atoms with Crippen LogP contribution in [0.2, 0.25) is 0 Å². The highest BCUT2D eigenvalue weighted by Crippen LogP contribution is 2.15. The maximum Gasteiger partial charge on any atom is 0.251 e. The van der Waals surface area contributed by atoms with E-state index in [0.717, 1.165) is 31.8 Å². The zero-order valence-corrected chi connectivity index (χ0v) is 16.7. The molecule has 0 spiro atoms. The molecule has 0 bridgehead atoms. The fourth-order valence-corrected chi connectivity index (χ4v) is 3.33. The molecule has 0 aromatic heterocycles. The van der Waals surface area contributed by atoms with Gasteiger partial charge in [-0.25, -0.2) is 0 Å². The molecule has 3 N–H and O–H groups in total. The van der Waals surface area contributed by atoms with Crippen LogP contribution in [0, 0.1) is 0 Å². The predicted molar refractivity (Wildman–Crippen MR) is 106 cm³/mol. The van der Waals surface area contributed by atoms with E-state index in [2.05, 4.69) is 10.2 Å². The van der Waals surface area contributed by atoms with Crippen LogP contribution < -0.4 is 15.8 Å². The monoisotopic (exact) mass is 376 g/mol. The van der Waals surface area contributed by atoms with Gasteiger partial charge in [-0.05, 0) is 37.6 Å². The van der Waals surface area contributed by atoms with E-state index in [9.17, 15) is 9.59 Å². The summed E-state index contributed by atoms with van der Waals surface area (Å²) < 4.78 is 5.10. The van der Waals surface area contributed by atoms with E-state index in [-0.39, 0.29) is 11.8 Å². The molecule has 1 aliphatic rings. The Hall–Kier alpha value is -2.12. The minimum atomic E-state index is -0.775. The van der Waals surface area contributed by atoms with E-state index in [1.165, 1.54) is 0 Å². The van der Waals surface area contributed by atoms with Crippen molar-refractivity contribution in [2.24, 2.45) is 5.73 Å². The maximum atomic E-state index is 12.5.